The summed E-state index contributed by atoms with van der Waals surface area (Å²) in [7, 11) is 0. The van der Waals surface area contributed by atoms with Gasteiger partial charge in [0, 0.05) is 19.0 Å². The lowest BCUT2D eigenvalue weighted by molar-refractivity contribution is 0.627. The van der Waals surface area contributed by atoms with Crippen LogP contribution in [0, 0.1) is 5.82 Å². The number of hydrogen-bond acceptors (Lipinski definition) is 5. The van der Waals surface area contributed by atoms with Gasteiger partial charge in [-0.15, -0.1) is 0 Å². The highest BCUT2D eigenvalue weighted by molar-refractivity contribution is 5.47. The molecule has 0 atom stereocenters. The molecule has 1 heterocycles. The maximum Gasteiger partial charge on any atom is 0.145 e. The molecule has 0 bridgehead atoms. The van der Waals surface area contributed by atoms with E-state index in [1.54, 1.807) is 18.2 Å². The number of nitrogens with zero attached hydrogens (tertiary/aromatic N) is 2. The summed E-state index contributed by atoms with van der Waals surface area (Å²) < 4.78 is 12.8. The summed E-state index contributed by atoms with van der Waals surface area (Å²) in [6.07, 6.45) is 2.57. The molecule has 0 aliphatic rings. The highest BCUT2D eigenvalue weighted by atomic mass is 19.1. The van der Waals surface area contributed by atoms with Crippen LogP contribution in [0.3, 0.4) is 0 Å². The van der Waals surface area contributed by atoms with E-state index in [4.69, 9.17) is 5.84 Å². The van der Waals surface area contributed by atoms with E-state index in [1.165, 1.54) is 12.1 Å². The molecule has 0 amide bonds. The van der Waals surface area contributed by atoms with Crippen molar-refractivity contribution in [2.24, 2.45) is 5.84 Å². The van der Waals surface area contributed by atoms with Gasteiger partial charge in [-0.05, 0) is 30.5 Å². The van der Waals surface area contributed by atoms with Gasteiger partial charge in [-0.25, -0.2) is 20.2 Å². The second-order valence-corrected chi connectivity index (χ2v) is 4.75. The Morgan fingerprint density at radius 1 is 1.10 bits per heavy atom. The van der Waals surface area contributed by atoms with Crippen LogP contribution in [0.2, 0.25) is 0 Å². The van der Waals surface area contributed by atoms with Gasteiger partial charge in [-0.2, -0.15) is 0 Å². The molecule has 0 aliphatic heterocycles. The van der Waals surface area contributed by atoms with E-state index in [-0.39, 0.29) is 5.82 Å². The molecule has 5 nitrogen and oxygen atoms in total. The molecule has 2 rings (SSSR count). The molecule has 112 valence electrons. The molecule has 2 aromatic rings. The van der Waals surface area contributed by atoms with Crippen molar-refractivity contribution in [3.8, 4) is 0 Å². The first-order valence-electron chi connectivity index (χ1n) is 7.04. The lowest BCUT2D eigenvalue weighted by Crippen LogP contribution is -2.13. The third-order valence-corrected chi connectivity index (χ3v) is 3.03. The van der Waals surface area contributed by atoms with Crippen LogP contribution in [0.25, 0.3) is 0 Å². The number of nitrogens with two attached hydrogens (primary N) is 1. The van der Waals surface area contributed by atoms with Crippen LogP contribution in [0.4, 0.5) is 16.0 Å². The van der Waals surface area contributed by atoms with Gasteiger partial charge < -0.3 is 10.7 Å². The van der Waals surface area contributed by atoms with Crippen LogP contribution in [0.5, 0.6) is 0 Å². The third kappa shape index (κ3) is 4.68. The minimum atomic E-state index is -0.217. The first-order valence-corrected chi connectivity index (χ1v) is 7.04. The van der Waals surface area contributed by atoms with E-state index >= 15 is 0 Å². The number of hydrogen-bond donors (Lipinski definition) is 3. The van der Waals surface area contributed by atoms with Gasteiger partial charge in [0.2, 0.25) is 0 Å². The Labute approximate surface area is 123 Å². The van der Waals surface area contributed by atoms with E-state index in [2.05, 4.69) is 27.6 Å². The molecule has 0 fully saturated rings. The molecule has 0 radical (unpaired) electrons. The number of aromatic nitrogens is 2. The van der Waals surface area contributed by atoms with Crippen molar-refractivity contribution in [2.75, 3.05) is 17.3 Å². The summed E-state index contributed by atoms with van der Waals surface area (Å²) in [4.78, 5) is 8.73. The fourth-order valence-corrected chi connectivity index (χ4v) is 1.98. The topological polar surface area (TPSA) is 75.9 Å². The first kappa shape index (κ1) is 15.2. The molecule has 0 saturated carbocycles. The van der Waals surface area contributed by atoms with Gasteiger partial charge in [0.25, 0.3) is 0 Å². The standard InChI is InChI=1S/C15H20FN5/c1-2-3-13-19-14(10-15(20-13)21-17)18-9-8-11-4-6-12(16)7-5-11/h4-7,10H,2-3,8-9,17H2,1H3,(H2,18,19,20,21). The monoisotopic (exact) mass is 289 g/mol. The quantitative estimate of drug-likeness (QED) is 0.539. The van der Waals surface area contributed by atoms with Crippen molar-refractivity contribution in [1.82, 2.24) is 9.97 Å². The van der Waals surface area contributed by atoms with Crippen LogP contribution in [-0.2, 0) is 12.8 Å². The molecule has 0 saturated heterocycles. The highest BCUT2D eigenvalue weighted by Gasteiger charge is 2.03. The minimum absolute atomic E-state index is 0.217. The maximum atomic E-state index is 12.8. The van der Waals surface area contributed by atoms with E-state index in [0.29, 0.717) is 12.4 Å². The van der Waals surface area contributed by atoms with E-state index in [0.717, 1.165) is 36.5 Å². The lowest BCUT2D eigenvalue weighted by Gasteiger charge is -2.09. The van der Waals surface area contributed by atoms with Crippen molar-refractivity contribution < 1.29 is 4.39 Å². The number of halogens is 1. The van der Waals surface area contributed by atoms with E-state index in [9.17, 15) is 4.39 Å². The molecular formula is C15H20FN5. The SMILES string of the molecule is CCCc1nc(NN)cc(NCCc2ccc(F)cc2)n1. The Morgan fingerprint density at radius 2 is 1.81 bits per heavy atom. The predicted molar refractivity (Wildman–Crippen MR) is 82.4 cm³/mol. The number of hydrazine groups is 1. The first-order chi connectivity index (χ1) is 10.2. The minimum Gasteiger partial charge on any atom is -0.370 e. The van der Waals surface area contributed by atoms with Gasteiger partial charge in [0.1, 0.15) is 23.3 Å². The molecule has 1 aromatic heterocycles. The normalized spacial score (nSPS) is 10.4. The largest absolute Gasteiger partial charge is 0.370 e. The number of anilines is 2. The maximum absolute atomic E-state index is 12.8. The van der Waals surface area contributed by atoms with Crippen molar-refractivity contribution in [1.29, 1.82) is 0 Å². The van der Waals surface area contributed by atoms with E-state index < -0.39 is 0 Å². The zero-order valence-corrected chi connectivity index (χ0v) is 12.1. The second-order valence-electron chi connectivity index (χ2n) is 4.75. The van der Waals surface area contributed by atoms with Gasteiger partial charge in [0.15, 0.2) is 0 Å². The Balaban J connectivity index is 1.95. The average Bonchev–Trinajstić information content (AvgIpc) is 2.49. The second kappa shape index (κ2) is 7.54. The van der Waals surface area contributed by atoms with Gasteiger partial charge in [-0.1, -0.05) is 19.1 Å². The number of nitrogens with one attached hydrogen (secondary N) is 2. The van der Waals surface area contributed by atoms with Gasteiger partial charge in [0.05, 0.1) is 0 Å². The number of nitrogen functional groups attached to an aromatic ring is 1. The summed E-state index contributed by atoms with van der Waals surface area (Å²) in [5.74, 6) is 7.29. The highest BCUT2D eigenvalue weighted by Crippen LogP contribution is 2.12. The Bertz CT molecular complexity index is 571. The van der Waals surface area contributed by atoms with Gasteiger partial charge in [-0.3, -0.25) is 0 Å². The van der Waals surface area contributed by atoms with Crippen molar-refractivity contribution in [3.63, 3.8) is 0 Å². The molecule has 0 spiro atoms. The Hall–Kier alpha value is -2.21. The third-order valence-electron chi connectivity index (χ3n) is 3.03. The predicted octanol–water partition coefficient (Wildman–Crippen LogP) is 2.51. The van der Waals surface area contributed by atoms with E-state index in [1.807, 2.05) is 0 Å². The van der Waals surface area contributed by atoms with Gasteiger partial charge >= 0.3 is 0 Å². The summed E-state index contributed by atoms with van der Waals surface area (Å²) in [6.45, 7) is 2.78. The Morgan fingerprint density at radius 3 is 2.48 bits per heavy atom. The molecule has 0 aliphatic carbocycles. The Kier molecular flexibility index (Phi) is 5.45. The van der Waals surface area contributed by atoms with Crippen LogP contribution < -0.4 is 16.6 Å². The molecule has 1 aromatic carbocycles. The number of rotatable bonds is 7. The molecule has 21 heavy (non-hydrogen) atoms. The lowest BCUT2D eigenvalue weighted by atomic mass is 10.1. The number of benzene rings is 1. The molecule has 6 heteroatoms. The number of aryl methyl sites for hydroxylation is 1. The zero-order valence-electron chi connectivity index (χ0n) is 12.1. The van der Waals surface area contributed by atoms with Crippen LogP contribution in [0.15, 0.2) is 30.3 Å². The van der Waals surface area contributed by atoms with Crippen LogP contribution in [0.1, 0.15) is 24.7 Å². The fourth-order valence-electron chi connectivity index (χ4n) is 1.98. The zero-order chi connectivity index (χ0) is 15.1. The molecule has 4 N–H and O–H groups in total. The molecular weight excluding hydrogens is 269 g/mol. The molecule has 0 unspecified atom stereocenters. The van der Waals surface area contributed by atoms with Crippen LogP contribution in [-0.4, -0.2) is 16.5 Å². The van der Waals surface area contributed by atoms with Crippen LogP contribution >= 0.6 is 0 Å². The smallest absolute Gasteiger partial charge is 0.145 e. The summed E-state index contributed by atoms with van der Waals surface area (Å²) >= 11 is 0. The summed E-state index contributed by atoms with van der Waals surface area (Å²) in [6, 6.07) is 8.27. The van der Waals surface area contributed by atoms with Crippen molar-refractivity contribution in [3.05, 3.63) is 47.5 Å². The van der Waals surface area contributed by atoms with Crippen molar-refractivity contribution in [2.45, 2.75) is 26.2 Å². The summed E-state index contributed by atoms with van der Waals surface area (Å²) in [5, 5.41) is 3.24. The fraction of sp³-hybridized carbons (Fsp3) is 0.333. The summed E-state index contributed by atoms with van der Waals surface area (Å²) in [5.41, 5.74) is 3.62. The van der Waals surface area contributed by atoms with Crippen molar-refractivity contribution >= 4 is 11.6 Å². The average molecular weight is 289 g/mol.